The summed E-state index contributed by atoms with van der Waals surface area (Å²) in [6.45, 7) is 13.6. The van der Waals surface area contributed by atoms with Crippen molar-refractivity contribution in [1.82, 2.24) is 0 Å². The quantitative estimate of drug-likeness (QED) is 0.503. The van der Waals surface area contributed by atoms with Crippen LogP contribution in [-0.4, -0.2) is 37.3 Å². The molecular formula is C15H34O3Si. The Kier molecular flexibility index (Phi) is 8.44. The SMILES string of the molecule is C[C@H](CC[C@H](O)CCCCO)O[Si](C)(C)C(C)(C)C. The van der Waals surface area contributed by atoms with Crippen LogP contribution in [0.2, 0.25) is 18.1 Å². The molecule has 2 N–H and O–H groups in total. The van der Waals surface area contributed by atoms with E-state index in [1.54, 1.807) is 0 Å². The van der Waals surface area contributed by atoms with Gasteiger partial charge in [0, 0.05) is 12.7 Å². The molecule has 0 aromatic heterocycles. The molecule has 0 aliphatic heterocycles. The van der Waals surface area contributed by atoms with Crippen molar-refractivity contribution >= 4 is 8.32 Å². The first-order valence-electron chi connectivity index (χ1n) is 7.57. The molecule has 2 atom stereocenters. The van der Waals surface area contributed by atoms with Gasteiger partial charge in [-0.1, -0.05) is 20.8 Å². The molecular weight excluding hydrogens is 256 g/mol. The number of hydrogen-bond donors (Lipinski definition) is 2. The highest BCUT2D eigenvalue weighted by Gasteiger charge is 2.38. The minimum Gasteiger partial charge on any atom is -0.414 e. The van der Waals surface area contributed by atoms with Crippen LogP contribution in [0.5, 0.6) is 0 Å². The van der Waals surface area contributed by atoms with Gasteiger partial charge in [-0.3, -0.25) is 0 Å². The molecule has 0 fully saturated rings. The lowest BCUT2D eigenvalue weighted by molar-refractivity contribution is 0.116. The second-order valence-corrected chi connectivity index (χ2v) is 11.9. The molecule has 19 heavy (non-hydrogen) atoms. The maximum atomic E-state index is 9.86. The molecule has 0 aliphatic carbocycles. The molecule has 0 amide bonds. The van der Waals surface area contributed by atoms with Gasteiger partial charge in [0.25, 0.3) is 0 Å². The molecule has 0 bridgehead atoms. The molecule has 0 aromatic rings. The van der Waals surface area contributed by atoms with E-state index in [-0.39, 0.29) is 23.9 Å². The Hall–Kier alpha value is 0.0969. The summed E-state index contributed by atoms with van der Waals surface area (Å²) in [5.41, 5.74) is 0. The maximum Gasteiger partial charge on any atom is 0.192 e. The average molecular weight is 291 g/mol. The minimum absolute atomic E-state index is 0.216. The van der Waals surface area contributed by atoms with Crippen molar-refractivity contribution in [2.75, 3.05) is 6.61 Å². The summed E-state index contributed by atoms with van der Waals surface area (Å²) in [5, 5.41) is 18.8. The second-order valence-electron chi connectivity index (χ2n) is 7.14. The standard InChI is InChI=1S/C15H34O3Si/c1-13(18-19(5,6)15(2,3)4)10-11-14(17)9-7-8-12-16/h13-14,16-17H,7-12H2,1-6H3/t13-,14-/m1/s1. The van der Waals surface area contributed by atoms with Gasteiger partial charge in [0.15, 0.2) is 8.32 Å². The number of aliphatic hydroxyl groups excluding tert-OH is 2. The van der Waals surface area contributed by atoms with Crippen molar-refractivity contribution in [1.29, 1.82) is 0 Å². The van der Waals surface area contributed by atoms with Crippen molar-refractivity contribution in [2.45, 2.75) is 90.1 Å². The van der Waals surface area contributed by atoms with E-state index in [4.69, 9.17) is 9.53 Å². The lowest BCUT2D eigenvalue weighted by Gasteiger charge is -2.38. The predicted octanol–water partition coefficient (Wildman–Crippen LogP) is 3.70. The number of aliphatic hydroxyl groups is 2. The molecule has 4 heteroatoms. The fourth-order valence-corrected chi connectivity index (χ4v) is 3.28. The van der Waals surface area contributed by atoms with Crippen molar-refractivity contribution in [3.63, 3.8) is 0 Å². The predicted molar refractivity (Wildman–Crippen MR) is 83.9 cm³/mol. The number of unbranched alkanes of at least 4 members (excludes halogenated alkanes) is 1. The fraction of sp³-hybridized carbons (Fsp3) is 1.00. The third-order valence-electron chi connectivity index (χ3n) is 4.15. The third-order valence-corrected chi connectivity index (χ3v) is 8.76. The molecule has 0 unspecified atom stereocenters. The van der Waals surface area contributed by atoms with E-state index in [1.165, 1.54) is 0 Å². The van der Waals surface area contributed by atoms with Crippen LogP contribution in [0, 0.1) is 0 Å². The minimum atomic E-state index is -1.69. The van der Waals surface area contributed by atoms with E-state index in [0.717, 1.165) is 32.1 Å². The van der Waals surface area contributed by atoms with Gasteiger partial charge in [-0.25, -0.2) is 0 Å². The topological polar surface area (TPSA) is 49.7 Å². The molecule has 0 saturated carbocycles. The summed E-state index contributed by atoms with van der Waals surface area (Å²) < 4.78 is 6.27. The first-order chi connectivity index (χ1) is 8.60. The van der Waals surface area contributed by atoms with Crippen LogP contribution in [0.1, 0.15) is 59.8 Å². The fourth-order valence-electron chi connectivity index (χ4n) is 1.80. The molecule has 0 rings (SSSR count). The average Bonchev–Trinajstić information content (AvgIpc) is 2.24. The van der Waals surface area contributed by atoms with Gasteiger partial charge in [0.1, 0.15) is 0 Å². The van der Waals surface area contributed by atoms with E-state index < -0.39 is 8.32 Å². The van der Waals surface area contributed by atoms with Crippen molar-refractivity contribution in [3.05, 3.63) is 0 Å². The van der Waals surface area contributed by atoms with Crippen LogP contribution in [0.15, 0.2) is 0 Å². The van der Waals surface area contributed by atoms with Crippen molar-refractivity contribution in [3.8, 4) is 0 Å². The highest BCUT2D eigenvalue weighted by atomic mass is 28.4. The monoisotopic (exact) mass is 290 g/mol. The Labute approximate surface area is 120 Å². The second kappa shape index (κ2) is 8.40. The van der Waals surface area contributed by atoms with Crippen LogP contribution in [0.4, 0.5) is 0 Å². The first kappa shape index (κ1) is 19.1. The van der Waals surface area contributed by atoms with Crippen LogP contribution in [0.3, 0.4) is 0 Å². The lowest BCUT2D eigenvalue weighted by atomic mass is 10.1. The first-order valence-corrected chi connectivity index (χ1v) is 10.5. The number of hydrogen-bond acceptors (Lipinski definition) is 3. The Morgan fingerprint density at radius 1 is 1.05 bits per heavy atom. The summed E-state index contributed by atoms with van der Waals surface area (Å²) in [4.78, 5) is 0. The molecule has 0 aliphatic rings. The van der Waals surface area contributed by atoms with Gasteiger partial charge in [-0.05, 0) is 57.2 Å². The Balaban J connectivity index is 3.95. The molecule has 0 aromatic carbocycles. The van der Waals surface area contributed by atoms with Crippen molar-refractivity contribution < 1.29 is 14.6 Å². The third kappa shape index (κ3) is 8.08. The van der Waals surface area contributed by atoms with Gasteiger partial charge < -0.3 is 14.6 Å². The molecule has 0 heterocycles. The van der Waals surface area contributed by atoms with E-state index in [9.17, 15) is 5.11 Å². The lowest BCUT2D eigenvalue weighted by Crippen LogP contribution is -2.43. The Morgan fingerprint density at radius 3 is 2.11 bits per heavy atom. The van der Waals surface area contributed by atoms with Crippen LogP contribution in [0.25, 0.3) is 0 Å². The van der Waals surface area contributed by atoms with Gasteiger partial charge in [0.05, 0.1) is 6.10 Å². The van der Waals surface area contributed by atoms with Crippen LogP contribution in [-0.2, 0) is 4.43 Å². The summed E-state index contributed by atoms with van der Waals surface area (Å²) in [6.07, 6.45) is 4.13. The summed E-state index contributed by atoms with van der Waals surface area (Å²) in [6, 6.07) is 0. The van der Waals surface area contributed by atoms with Crippen LogP contribution >= 0.6 is 0 Å². The van der Waals surface area contributed by atoms with Gasteiger partial charge >= 0.3 is 0 Å². The molecule has 0 saturated heterocycles. The van der Waals surface area contributed by atoms with E-state index in [1.807, 2.05) is 0 Å². The molecule has 3 nitrogen and oxygen atoms in total. The van der Waals surface area contributed by atoms with Gasteiger partial charge in [-0.2, -0.15) is 0 Å². The molecule has 0 spiro atoms. The van der Waals surface area contributed by atoms with Crippen molar-refractivity contribution in [2.24, 2.45) is 0 Å². The van der Waals surface area contributed by atoms with E-state index in [0.29, 0.717) is 0 Å². The zero-order valence-corrected chi connectivity index (χ0v) is 14.7. The van der Waals surface area contributed by atoms with Gasteiger partial charge in [0.2, 0.25) is 0 Å². The summed E-state index contributed by atoms with van der Waals surface area (Å²) in [7, 11) is -1.69. The van der Waals surface area contributed by atoms with Gasteiger partial charge in [-0.15, -0.1) is 0 Å². The number of rotatable bonds is 9. The molecule has 116 valence electrons. The Bertz CT molecular complexity index is 236. The Morgan fingerprint density at radius 2 is 1.63 bits per heavy atom. The van der Waals surface area contributed by atoms with Crippen LogP contribution < -0.4 is 0 Å². The zero-order valence-electron chi connectivity index (χ0n) is 13.7. The normalized spacial score (nSPS) is 16.4. The smallest absolute Gasteiger partial charge is 0.192 e. The summed E-state index contributed by atoms with van der Waals surface area (Å²) >= 11 is 0. The zero-order chi connectivity index (χ0) is 15.1. The highest BCUT2D eigenvalue weighted by molar-refractivity contribution is 6.74. The van der Waals surface area contributed by atoms with E-state index >= 15 is 0 Å². The summed E-state index contributed by atoms with van der Waals surface area (Å²) in [5.74, 6) is 0. The maximum absolute atomic E-state index is 9.86. The van der Waals surface area contributed by atoms with E-state index in [2.05, 4.69) is 40.8 Å². The largest absolute Gasteiger partial charge is 0.414 e. The molecule has 0 radical (unpaired) electrons. The highest BCUT2D eigenvalue weighted by Crippen LogP contribution is 2.37.